The zero-order chi connectivity index (χ0) is 25.1. The van der Waals surface area contributed by atoms with E-state index in [9.17, 15) is 9.59 Å². The first-order chi connectivity index (χ1) is 17.5. The highest BCUT2D eigenvalue weighted by molar-refractivity contribution is 7.15. The summed E-state index contributed by atoms with van der Waals surface area (Å²) in [5.74, 6) is -0.364. The number of fused-ring (bicyclic) bond motifs is 1. The fourth-order valence-electron chi connectivity index (χ4n) is 4.12. The maximum atomic E-state index is 13.8. The molecule has 182 valence electrons. The average molecular weight is 516 g/mol. The fraction of sp³-hybridized carbons (Fsp3) is 0.185. The number of nitrogens with one attached hydrogen (secondary N) is 1. The number of aryl methyl sites for hydroxylation is 2. The molecule has 0 bridgehead atoms. The van der Waals surface area contributed by atoms with Crippen molar-refractivity contribution in [2.45, 2.75) is 20.4 Å². The molecular weight excluding hydrogens is 490 g/mol. The number of aromatic nitrogens is 3. The molecule has 0 aliphatic rings. The van der Waals surface area contributed by atoms with Gasteiger partial charge in [0.1, 0.15) is 11.4 Å². The standard InChI is InChI=1S/C27H25N5O2S2/c1-18-23(32-15-16-35-27(32)29-18)25(33)28-13-14-31(17-20-9-5-3-6-10-20)26(34)22-24(36-19(2)30-22)21-11-7-4-8-12-21/h3-12,15-16H,13-14,17H2,1-2H3,(H,28,33). The van der Waals surface area contributed by atoms with E-state index in [0.29, 0.717) is 36.7 Å². The monoisotopic (exact) mass is 515 g/mol. The molecule has 5 rings (SSSR count). The topological polar surface area (TPSA) is 79.6 Å². The van der Waals surface area contributed by atoms with Crippen molar-refractivity contribution in [2.24, 2.45) is 0 Å². The third kappa shape index (κ3) is 4.93. The third-order valence-corrected chi connectivity index (χ3v) is 7.57. The number of carbonyl (C=O) groups excluding carboxylic acids is 2. The largest absolute Gasteiger partial charge is 0.349 e. The lowest BCUT2D eigenvalue weighted by molar-refractivity contribution is 0.0732. The van der Waals surface area contributed by atoms with E-state index in [1.54, 1.807) is 9.30 Å². The molecule has 0 aliphatic carbocycles. The number of amides is 2. The van der Waals surface area contributed by atoms with Crippen LogP contribution in [-0.2, 0) is 6.54 Å². The van der Waals surface area contributed by atoms with Crippen molar-refractivity contribution in [3.63, 3.8) is 0 Å². The maximum Gasteiger partial charge on any atom is 0.274 e. The molecule has 0 atom stereocenters. The maximum absolute atomic E-state index is 13.8. The Morgan fingerprint density at radius 1 is 1.00 bits per heavy atom. The molecule has 0 spiro atoms. The van der Waals surface area contributed by atoms with Crippen molar-refractivity contribution in [1.82, 2.24) is 24.6 Å². The molecule has 36 heavy (non-hydrogen) atoms. The Balaban J connectivity index is 1.37. The normalized spacial score (nSPS) is 11.1. The predicted octanol–water partition coefficient (Wildman–Crippen LogP) is 5.21. The molecule has 0 unspecified atom stereocenters. The molecule has 0 saturated carbocycles. The van der Waals surface area contributed by atoms with E-state index in [1.807, 2.05) is 86.1 Å². The first-order valence-electron chi connectivity index (χ1n) is 11.6. The number of thiazole rings is 2. The van der Waals surface area contributed by atoms with Gasteiger partial charge in [-0.25, -0.2) is 9.97 Å². The first-order valence-corrected chi connectivity index (χ1v) is 13.3. The summed E-state index contributed by atoms with van der Waals surface area (Å²) in [6.45, 7) is 4.80. The van der Waals surface area contributed by atoms with Crippen LogP contribution in [0.25, 0.3) is 15.4 Å². The summed E-state index contributed by atoms with van der Waals surface area (Å²) in [5, 5.41) is 5.71. The molecule has 5 aromatic rings. The summed E-state index contributed by atoms with van der Waals surface area (Å²) in [6, 6.07) is 19.7. The molecule has 7 nitrogen and oxygen atoms in total. The summed E-state index contributed by atoms with van der Waals surface area (Å²) in [5.41, 5.74) is 3.63. The van der Waals surface area contributed by atoms with Crippen LogP contribution in [0.4, 0.5) is 0 Å². The fourth-order valence-corrected chi connectivity index (χ4v) is 5.79. The summed E-state index contributed by atoms with van der Waals surface area (Å²) >= 11 is 3.00. The smallest absolute Gasteiger partial charge is 0.274 e. The van der Waals surface area contributed by atoms with Crippen molar-refractivity contribution in [3.8, 4) is 10.4 Å². The van der Waals surface area contributed by atoms with E-state index in [4.69, 9.17) is 0 Å². The van der Waals surface area contributed by atoms with Gasteiger partial charge in [-0.1, -0.05) is 60.7 Å². The second kappa shape index (κ2) is 10.4. The third-order valence-electron chi connectivity index (χ3n) is 5.79. The minimum absolute atomic E-state index is 0.155. The van der Waals surface area contributed by atoms with Gasteiger partial charge in [0.05, 0.1) is 15.6 Å². The van der Waals surface area contributed by atoms with Gasteiger partial charge in [-0.15, -0.1) is 22.7 Å². The Morgan fingerprint density at radius 2 is 1.72 bits per heavy atom. The number of imidazole rings is 1. The van der Waals surface area contributed by atoms with E-state index in [0.717, 1.165) is 26.0 Å². The van der Waals surface area contributed by atoms with Crippen LogP contribution in [0.5, 0.6) is 0 Å². The van der Waals surface area contributed by atoms with Crippen LogP contribution < -0.4 is 5.32 Å². The molecule has 2 aromatic carbocycles. The molecule has 0 fully saturated rings. The van der Waals surface area contributed by atoms with Gasteiger partial charge < -0.3 is 10.2 Å². The Labute approximate surface area is 217 Å². The minimum atomic E-state index is -0.208. The number of hydrogen-bond acceptors (Lipinski definition) is 6. The van der Waals surface area contributed by atoms with E-state index < -0.39 is 0 Å². The van der Waals surface area contributed by atoms with Gasteiger partial charge in [0.25, 0.3) is 11.8 Å². The Hall–Kier alpha value is -3.82. The van der Waals surface area contributed by atoms with Gasteiger partial charge in [0, 0.05) is 31.2 Å². The van der Waals surface area contributed by atoms with Crippen LogP contribution in [0.3, 0.4) is 0 Å². The van der Waals surface area contributed by atoms with Crippen LogP contribution >= 0.6 is 22.7 Å². The summed E-state index contributed by atoms with van der Waals surface area (Å²) in [7, 11) is 0. The SMILES string of the molecule is Cc1nc(C(=O)N(CCNC(=O)c2c(C)nc3sccn23)Cc2ccccc2)c(-c2ccccc2)s1. The lowest BCUT2D eigenvalue weighted by Gasteiger charge is -2.23. The molecule has 3 heterocycles. The molecule has 0 aliphatic heterocycles. The van der Waals surface area contributed by atoms with Crippen molar-refractivity contribution in [3.05, 3.63) is 99.9 Å². The number of benzene rings is 2. The molecule has 2 amide bonds. The Kier molecular flexibility index (Phi) is 6.92. The number of carbonyl (C=O) groups is 2. The Morgan fingerprint density at radius 3 is 2.47 bits per heavy atom. The van der Waals surface area contributed by atoms with Gasteiger partial charge in [-0.05, 0) is 25.0 Å². The van der Waals surface area contributed by atoms with Crippen LogP contribution in [0.2, 0.25) is 0 Å². The quantitative estimate of drug-likeness (QED) is 0.308. The molecule has 0 saturated heterocycles. The molecular formula is C27H25N5O2S2. The van der Waals surface area contributed by atoms with Crippen LogP contribution in [-0.4, -0.2) is 44.2 Å². The molecule has 1 N–H and O–H groups in total. The number of hydrogen-bond donors (Lipinski definition) is 1. The van der Waals surface area contributed by atoms with Gasteiger partial charge >= 0.3 is 0 Å². The zero-order valence-corrected chi connectivity index (χ0v) is 21.6. The summed E-state index contributed by atoms with van der Waals surface area (Å²) < 4.78 is 1.80. The van der Waals surface area contributed by atoms with E-state index in [1.165, 1.54) is 22.7 Å². The second-order valence-electron chi connectivity index (χ2n) is 8.35. The first kappa shape index (κ1) is 23.9. The zero-order valence-electron chi connectivity index (χ0n) is 20.0. The van der Waals surface area contributed by atoms with Crippen molar-refractivity contribution in [2.75, 3.05) is 13.1 Å². The van der Waals surface area contributed by atoms with Crippen molar-refractivity contribution < 1.29 is 9.59 Å². The van der Waals surface area contributed by atoms with E-state index >= 15 is 0 Å². The number of nitrogens with zero attached hydrogens (tertiary/aromatic N) is 4. The average Bonchev–Trinajstić information content (AvgIpc) is 3.58. The highest BCUT2D eigenvalue weighted by Gasteiger charge is 2.24. The van der Waals surface area contributed by atoms with Gasteiger partial charge in [0.2, 0.25) is 0 Å². The molecule has 0 radical (unpaired) electrons. The summed E-state index contributed by atoms with van der Waals surface area (Å²) in [4.78, 5) is 39.2. The van der Waals surface area contributed by atoms with E-state index in [2.05, 4.69) is 15.3 Å². The predicted molar refractivity (Wildman–Crippen MR) is 144 cm³/mol. The number of rotatable bonds is 8. The van der Waals surface area contributed by atoms with Crippen molar-refractivity contribution in [1.29, 1.82) is 0 Å². The van der Waals surface area contributed by atoms with Gasteiger partial charge in [0.15, 0.2) is 4.96 Å². The summed E-state index contributed by atoms with van der Waals surface area (Å²) in [6.07, 6.45) is 1.84. The van der Waals surface area contributed by atoms with Gasteiger partial charge in [-0.3, -0.25) is 14.0 Å². The lowest BCUT2D eigenvalue weighted by Crippen LogP contribution is -2.39. The van der Waals surface area contributed by atoms with Crippen LogP contribution in [0.15, 0.2) is 72.2 Å². The van der Waals surface area contributed by atoms with Crippen LogP contribution in [0.1, 0.15) is 37.2 Å². The minimum Gasteiger partial charge on any atom is -0.349 e. The van der Waals surface area contributed by atoms with Crippen LogP contribution in [0, 0.1) is 13.8 Å². The molecule has 3 aromatic heterocycles. The lowest BCUT2D eigenvalue weighted by atomic mass is 10.1. The van der Waals surface area contributed by atoms with Crippen molar-refractivity contribution >= 4 is 39.4 Å². The Bertz CT molecular complexity index is 1510. The van der Waals surface area contributed by atoms with Gasteiger partial charge in [-0.2, -0.15) is 0 Å². The second-order valence-corrected chi connectivity index (χ2v) is 10.4. The van der Waals surface area contributed by atoms with E-state index in [-0.39, 0.29) is 11.8 Å². The molecule has 9 heteroatoms. The highest BCUT2D eigenvalue weighted by Crippen LogP contribution is 2.31. The highest BCUT2D eigenvalue weighted by atomic mass is 32.1.